The van der Waals surface area contributed by atoms with Crippen molar-refractivity contribution in [1.82, 2.24) is 0 Å². The van der Waals surface area contributed by atoms with Gasteiger partial charge in [0.15, 0.2) is 5.78 Å². The van der Waals surface area contributed by atoms with Gasteiger partial charge in [0.05, 0.1) is 6.07 Å². The smallest absolute Gasteiger partial charge is 0.151 e. The number of rotatable bonds is 3. The Morgan fingerprint density at radius 3 is 2.00 bits per heavy atom. The Hall–Kier alpha value is -1.62. The highest BCUT2D eigenvalue weighted by atomic mass is 16.1. The first-order valence-electron chi connectivity index (χ1n) is 5.06. The van der Waals surface area contributed by atoms with Crippen molar-refractivity contribution in [2.75, 3.05) is 0 Å². The summed E-state index contributed by atoms with van der Waals surface area (Å²) >= 11 is 0. The normalized spacial score (nSPS) is 12.2. The first-order chi connectivity index (χ1) is 7.06. The average Bonchev–Trinajstić information content (AvgIpc) is 2.19. The minimum atomic E-state index is -0.619. The van der Waals surface area contributed by atoms with Crippen LogP contribution in [0.4, 0.5) is 0 Å². The van der Waals surface area contributed by atoms with Crippen molar-refractivity contribution < 1.29 is 4.79 Å². The molecule has 0 fully saturated rings. The zero-order chi connectivity index (χ0) is 11.4. The maximum atomic E-state index is 11.2. The van der Waals surface area contributed by atoms with E-state index >= 15 is 0 Å². The van der Waals surface area contributed by atoms with Crippen molar-refractivity contribution >= 4 is 5.78 Å². The van der Waals surface area contributed by atoms with Crippen LogP contribution in [0.2, 0.25) is 0 Å². The number of carbonyl (C=O) groups is 1. The molecule has 2 heteroatoms. The highest BCUT2D eigenvalue weighted by molar-refractivity contribution is 5.86. The largest absolute Gasteiger partial charge is 0.298 e. The Morgan fingerprint density at radius 2 is 1.67 bits per heavy atom. The van der Waals surface area contributed by atoms with Gasteiger partial charge in [0, 0.05) is 0 Å². The molecule has 0 aliphatic rings. The van der Waals surface area contributed by atoms with E-state index in [1.54, 1.807) is 0 Å². The number of hydrogen-bond donors (Lipinski definition) is 0. The Bertz CT molecular complexity index is 384. The Labute approximate surface area is 90.5 Å². The summed E-state index contributed by atoms with van der Waals surface area (Å²) in [7, 11) is 0. The van der Waals surface area contributed by atoms with Crippen LogP contribution in [0, 0.1) is 11.3 Å². The molecule has 1 atom stereocenters. The van der Waals surface area contributed by atoms with E-state index in [1.165, 1.54) is 12.5 Å². The molecule has 1 aromatic rings. The lowest BCUT2D eigenvalue weighted by atomic mass is 9.94. The highest BCUT2D eigenvalue weighted by Gasteiger charge is 2.15. The lowest BCUT2D eigenvalue weighted by Gasteiger charge is -2.08. The number of ketones is 1. The van der Waals surface area contributed by atoms with Gasteiger partial charge in [0.1, 0.15) is 5.92 Å². The second-order valence-corrected chi connectivity index (χ2v) is 3.99. The summed E-state index contributed by atoms with van der Waals surface area (Å²) in [5.41, 5.74) is 2.01. The van der Waals surface area contributed by atoms with E-state index in [2.05, 4.69) is 13.8 Å². The highest BCUT2D eigenvalue weighted by Crippen LogP contribution is 2.20. The quantitative estimate of drug-likeness (QED) is 0.754. The molecular formula is C13H15NO. The first-order valence-corrected chi connectivity index (χ1v) is 5.06. The maximum Gasteiger partial charge on any atom is 0.151 e. The third-order valence-electron chi connectivity index (χ3n) is 2.47. The molecule has 0 aromatic heterocycles. The van der Waals surface area contributed by atoms with Crippen molar-refractivity contribution in [2.24, 2.45) is 0 Å². The van der Waals surface area contributed by atoms with Crippen LogP contribution in [-0.4, -0.2) is 5.78 Å². The van der Waals surface area contributed by atoms with Crippen LogP contribution in [0.3, 0.4) is 0 Å². The fraction of sp³-hybridized carbons (Fsp3) is 0.385. The van der Waals surface area contributed by atoms with E-state index in [4.69, 9.17) is 5.26 Å². The topological polar surface area (TPSA) is 40.9 Å². The Morgan fingerprint density at radius 1 is 1.20 bits per heavy atom. The van der Waals surface area contributed by atoms with Crippen molar-refractivity contribution in [3.8, 4) is 6.07 Å². The summed E-state index contributed by atoms with van der Waals surface area (Å²) in [6.07, 6.45) is 0. The number of carbonyl (C=O) groups excluding carboxylic acids is 1. The van der Waals surface area contributed by atoms with Gasteiger partial charge in [-0.2, -0.15) is 5.26 Å². The van der Waals surface area contributed by atoms with Gasteiger partial charge in [0.2, 0.25) is 0 Å². The fourth-order valence-corrected chi connectivity index (χ4v) is 1.47. The summed E-state index contributed by atoms with van der Waals surface area (Å²) in [4.78, 5) is 11.2. The second-order valence-electron chi connectivity index (χ2n) is 3.99. The van der Waals surface area contributed by atoms with E-state index in [9.17, 15) is 4.79 Å². The van der Waals surface area contributed by atoms with E-state index in [-0.39, 0.29) is 5.78 Å². The Balaban J connectivity index is 2.98. The molecule has 1 aromatic carbocycles. The van der Waals surface area contributed by atoms with Crippen LogP contribution >= 0.6 is 0 Å². The minimum absolute atomic E-state index is 0.102. The molecule has 1 unspecified atom stereocenters. The molecule has 0 heterocycles. The van der Waals surface area contributed by atoms with Crippen LogP contribution in [-0.2, 0) is 4.79 Å². The zero-order valence-corrected chi connectivity index (χ0v) is 9.32. The van der Waals surface area contributed by atoms with Gasteiger partial charge in [-0.25, -0.2) is 0 Å². The van der Waals surface area contributed by atoms with Gasteiger partial charge in [-0.05, 0) is 24.0 Å². The lowest BCUT2D eigenvalue weighted by Crippen LogP contribution is -2.06. The summed E-state index contributed by atoms with van der Waals surface area (Å²) in [6.45, 7) is 5.67. The summed E-state index contributed by atoms with van der Waals surface area (Å²) < 4.78 is 0. The van der Waals surface area contributed by atoms with E-state index in [0.717, 1.165) is 5.56 Å². The molecule has 0 spiro atoms. The number of nitrogens with zero attached hydrogens (tertiary/aromatic N) is 1. The number of nitriles is 1. The second kappa shape index (κ2) is 4.75. The molecule has 1 rings (SSSR count). The predicted octanol–water partition coefficient (Wildman–Crippen LogP) is 3.01. The number of benzene rings is 1. The van der Waals surface area contributed by atoms with Gasteiger partial charge < -0.3 is 0 Å². The molecule has 0 saturated carbocycles. The van der Waals surface area contributed by atoms with Gasteiger partial charge >= 0.3 is 0 Å². The zero-order valence-electron chi connectivity index (χ0n) is 9.32. The van der Waals surface area contributed by atoms with Crippen LogP contribution in [0.1, 0.15) is 43.7 Å². The van der Waals surface area contributed by atoms with Crippen LogP contribution in [0.15, 0.2) is 24.3 Å². The van der Waals surface area contributed by atoms with Crippen molar-refractivity contribution in [3.05, 3.63) is 35.4 Å². The summed E-state index contributed by atoms with van der Waals surface area (Å²) in [5.74, 6) is -0.252. The van der Waals surface area contributed by atoms with Crippen molar-refractivity contribution in [2.45, 2.75) is 32.6 Å². The Kier molecular flexibility index (Phi) is 3.62. The number of hydrogen-bond acceptors (Lipinski definition) is 2. The third kappa shape index (κ3) is 2.66. The molecule has 0 amide bonds. The van der Waals surface area contributed by atoms with Crippen LogP contribution < -0.4 is 0 Å². The third-order valence-corrected chi connectivity index (χ3v) is 2.47. The first kappa shape index (κ1) is 11.5. The van der Waals surface area contributed by atoms with Gasteiger partial charge in [-0.3, -0.25) is 4.79 Å². The van der Waals surface area contributed by atoms with Crippen molar-refractivity contribution in [1.29, 1.82) is 5.26 Å². The molecule has 15 heavy (non-hydrogen) atoms. The summed E-state index contributed by atoms with van der Waals surface area (Å²) in [5, 5.41) is 8.86. The lowest BCUT2D eigenvalue weighted by molar-refractivity contribution is -0.117. The average molecular weight is 201 g/mol. The van der Waals surface area contributed by atoms with Gasteiger partial charge in [-0.15, -0.1) is 0 Å². The number of Topliss-reactive ketones (excluding diaryl/α,β-unsaturated/α-hetero) is 1. The fourth-order valence-electron chi connectivity index (χ4n) is 1.47. The molecule has 0 saturated heterocycles. The minimum Gasteiger partial charge on any atom is -0.298 e. The molecule has 0 bridgehead atoms. The maximum absolute atomic E-state index is 11.2. The van der Waals surface area contributed by atoms with Crippen LogP contribution in [0.5, 0.6) is 0 Å². The molecular weight excluding hydrogens is 186 g/mol. The molecule has 0 radical (unpaired) electrons. The molecule has 0 aliphatic carbocycles. The molecule has 0 aliphatic heterocycles. The van der Waals surface area contributed by atoms with Crippen LogP contribution in [0.25, 0.3) is 0 Å². The monoisotopic (exact) mass is 201 g/mol. The van der Waals surface area contributed by atoms with E-state index < -0.39 is 5.92 Å². The van der Waals surface area contributed by atoms with Gasteiger partial charge in [0.25, 0.3) is 0 Å². The predicted molar refractivity (Wildman–Crippen MR) is 59.6 cm³/mol. The van der Waals surface area contributed by atoms with Gasteiger partial charge in [-0.1, -0.05) is 38.1 Å². The standard InChI is InChI=1S/C13H15NO/c1-9(2)11-4-6-12(7-5-11)13(8-14)10(3)15/h4-7,9,13H,1-3H3. The molecule has 78 valence electrons. The van der Waals surface area contributed by atoms with E-state index in [0.29, 0.717) is 5.92 Å². The van der Waals surface area contributed by atoms with Crippen molar-refractivity contribution in [3.63, 3.8) is 0 Å². The summed E-state index contributed by atoms with van der Waals surface area (Å²) in [6, 6.07) is 9.71. The molecule has 2 nitrogen and oxygen atoms in total. The molecule has 0 N–H and O–H groups in total. The SMILES string of the molecule is CC(=O)C(C#N)c1ccc(C(C)C)cc1. The van der Waals surface area contributed by atoms with E-state index in [1.807, 2.05) is 30.3 Å².